The van der Waals surface area contributed by atoms with Gasteiger partial charge in [0.25, 0.3) is 0 Å². The van der Waals surface area contributed by atoms with Crippen LogP contribution in [0.4, 0.5) is 13.2 Å². The van der Waals surface area contributed by atoms with Crippen molar-refractivity contribution in [1.29, 1.82) is 0 Å². The van der Waals surface area contributed by atoms with E-state index in [2.05, 4.69) is 15.0 Å². The van der Waals surface area contributed by atoms with Gasteiger partial charge < -0.3 is 20.3 Å². The summed E-state index contributed by atoms with van der Waals surface area (Å²) in [5, 5.41) is 23.3. The fourth-order valence-corrected chi connectivity index (χ4v) is 3.14. The van der Waals surface area contributed by atoms with E-state index in [1.807, 2.05) is 0 Å². The Balaban J connectivity index is 1.96. The number of nitrogens with one attached hydrogen (secondary N) is 1. The lowest BCUT2D eigenvalue weighted by Crippen LogP contribution is -2.45. The molecular weight excluding hydrogens is 349 g/mol. The van der Waals surface area contributed by atoms with Crippen molar-refractivity contribution < 1.29 is 28.1 Å². The van der Waals surface area contributed by atoms with Crippen molar-refractivity contribution in [3.8, 4) is 17.2 Å². The monoisotopic (exact) mass is 368 g/mol. The molecule has 0 saturated carbocycles. The third-order valence-corrected chi connectivity index (χ3v) is 4.25. The predicted molar refractivity (Wildman–Crippen MR) is 89.2 cm³/mol. The lowest BCUT2D eigenvalue weighted by atomic mass is 9.95. The molecular formula is C18H19F3N2O3. The molecule has 2 aromatic rings. The summed E-state index contributed by atoms with van der Waals surface area (Å²) in [6.45, 7) is 2.90. The van der Waals surface area contributed by atoms with Gasteiger partial charge in [-0.25, -0.2) is 0 Å². The number of phenolic OH excluding ortho intramolecular Hbond substituents is 2. The number of phenols is 2. The van der Waals surface area contributed by atoms with Gasteiger partial charge in [-0.3, -0.25) is 4.90 Å². The van der Waals surface area contributed by atoms with Gasteiger partial charge >= 0.3 is 6.36 Å². The van der Waals surface area contributed by atoms with Gasteiger partial charge in [-0.2, -0.15) is 0 Å². The molecule has 3 rings (SSSR count). The number of rotatable bonds is 4. The van der Waals surface area contributed by atoms with E-state index in [1.165, 1.54) is 42.5 Å². The van der Waals surface area contributed by atoms with Gasteiger partial charge in [-0.15, -0.1) is 13.2 Å². The van der Waals surface area contributed by atoms with Crippen LogP contribution in [-0.2, 0) is 0 Å². The minimum atomic E-state index is -4.75. The van der Waals surface area contributed by atoms with Crippen molar-refractivity contribution in [3.63, 3.8) is 0 Å². The molecule has 1 aliphatic rings. The van der Waals surface area contributed by atoms with Crippen LogP contribution in [0.1, 0.15) is 17.2 Å². The number of benzene rings is 2. The molecule has 140 valence electrons. The van der Waals surface area contributed by atoms with Gasteiger partial charge in [0.1, 0.15) is 17.2 Å². The Morgan fingerprint density at radius 2 is 1.65 bits per heavy atom. The second kappa shape index (κ2) is 7.43. The largest absolute Gasteiger partial charge is 0.573 e. The first-order chi connectivity index (χ1) is 12.3. The molecule has 8 heteroatoms. The zero-order chi connectivity index (χ0) is 18.7. The van der Waals surface area contributed by atoms with Gasteiger partial charge in [-0.05, 0) is 35.9 Å². The fourth-order valence-electron chi connectivity index (χ4n) is 3.14. The third kappa shape index (κ3) is 4.39. The van der Waals surface area contributed by atoms with E-state index in [9.17, 15) is 23.4 Å². The number of alkyl halides is 3. The molecule has 1 heterocycles. The first-order valence-corrected chi connectivity index (χ1v) is 8.16. The van der Waals surface area contributed by atoms with Crippen LogP contribution in [0, 0.1) is 0 Å². The van der Waals surface area contributed by atoms with Gasteiger partial charge in [0.05, 0.1) is 6.04 Å². The van der Waals surface area contributed by atoms with E-state index < -0.39 is 12.4 Å². The molecule has 0 bridgehead atoms. The normalized spacial score (nSPS) is 17.0. The highest BCUT2D eigenvalue weighted by Crippen LogP contribution is 2.37. The summed E-state index contributed by atoms with van der Waals surface area (Å²) in [4.78, 5) is 2.10. The van der Waals surface area contributed by atoms with E-state index in [0.29, 0.717) is 24.2 Å². The van der Waals surface area contributed by atoms with Crippen molar-refractivity contribution in [1.82, 2.24) is 10.2 Å². The van der Waals surface area contributed by atoms with Gasteiger partial charge in [0.2, 0.25) is 0 Å². The van der Waals surface area contributed by atoms with Gasteiger partial charge in [-0.1, -0.05) is 12.1 Å². The molecule has 5 nitrogen and oxygen atoms in total. The molecule has 1 atom stereocenters. The van der Waals surface area contributed by atoms with Crippen molar-refractivity contribution in [2.24, 2.45) is 0 Å². The molecule has 0 aromatic heterocycles. The van der Waals surface area contributed by atoms with Crippen molar-refractivity contribution in [2.75, 3.05) is 26.2 Å². The highest BCUT2D eigenvalue weighted by atomic mass is 19.4. The maximum absolute atomic E-state index is 12.4. The Kier molecular flexibility index (Phi) is 5.24. The first-order valence-electron chi connectivity index (χ1n) is 8.16. The van der Waals surface area contributed by atoms with Crippen LogP contribution < -0.4 is 10.1 Å². The SMILES string of the molecule is Oc1ccc(O)c([C@@H](c2ccc(OC(F)(F)F)cc2)N2CCNCC2)c1. The summed E-state index contributed by atoms with van der Waals surface area (Å²) in [5.74, 6) is -0.280. The van der Waals surface area contributed by atoms with E-state index >= 15 is 0 Å². The quantitative estimate of drug-likeness (QED) is 0.724. The number of hydrogen-bond acceptors (Lipinski definition) is 5. The van der Waals surface area contributed by atoms with Crippen LogP contribution in [0.3, 0.4) is 0 Å². The molecule has 1 aliphatic heterocycles. The lowest BCUT2D eigenvalue weighted by Gasteiger charge is -2.36. The number of halogens is 3. The molecule has 3 N–H and O–H groups in total. The Morgan fingerprint density at radius 1 is 1.00 bits per heavy atom. The Hall–Kier alpha value is -2.45. The average molecular weight is 368 g/mol. The van der Waals surface area contributed by atoms with Crippen LogP contribution in [-0.4, -0.2) is 47.7 Å². The lowest BCUT2D eigenvalue weighted by molar-refractivity contribution is -0.274. The molecule has 1 saturated heterocycles. The average Bonchev–Trinajstić information content (AvgIpc) is 2.59. The number of piperazine rings is 1. The van der Waals surface area contributed by atoms with Crippen LogP contribution in [0.25, 0.3) is 0 Å². The topological polar surface area (TPSA) is 65.0 Å². The van der Waals surface area contributed by atoms with E-state index in [-0.39, 0.29) is 17.2 Å². The zero-order valence-electron chi connectivity index (χ0n) is 13.8. The number of ether oxygens (including phenoxy) is 1. The number of nitrogens with zero attached hydrogens (tertiary/aromatic N) is 1. The van der Waals surface area contributed by atoms with Crippen LogP contribution in [0.15, 0.2) is 42.5 Å². The summed E-state index contributed by atoms with van der Waals surface area (Å²) < 4.78 is 41.0. The smallest absolute Gasteiger partial charge is 0.508 e. The highest BCUT2D eigenvalue weighted by Gasteiger charge is 2.31. The second-order valence-electron chi connectivity index (χ2n) is 6.05. The summed E-state index contributed by atoms with van der Waals surface area (Å²) in [6, 6.07) is 9.44. The van der Waals surface area contributed by atoms with E-state index in [0.717, 1.165) is 13.1 Å². The highest BCUT2D eigenvalue weighted by molar-refractivity contribution is 5.45. The zero-order valence-corrected chi connectivity index (χ0v) is 13.8. The Morgan fingerprint density at radius 3 is 2.27 bits per heavy atom. The Labute approximate surface area is 148 Å². The van der Waals surface area contributed by atoms with Crippen LogP contribution in [0.2, 0.25) is 0 Å². The fraction of sp³-hybridized carbons (Fsp3) is 0.333. The van der Waals surface area contributed by atoms with Crippen molar-refractivity contribution in [3.05, 3.63) is 53.6 Å². The minimum Gasteiger partial charge on any atom is -0.508 e. The molecule has 0 unspecified atom stereocenters. The van der Waals surface area contributed by atoms with Crippen LogP contribution in [0.5, 0.6) is 17.2 Å². The number of hydrogen-bond donors (Lipinski definition) is 3. The molecule has 26 heavy (non-hydrogen) atoms. The van der Waals surface area contributed by atoms with Crippen LogP contribution >= 0.6 is 0 Å². The first kappa shape index (κ1) is 18.3. The Bertz CT molecular complexity index is 744. The van der Waals surface area contributed by atoms with E-state index in [1.54, 1.807) is 0 Å². The molecule has 0 radical (unpaired) electrons. The standard InChI is InChI=1S/C18H19F3N2O3/c19-18(20,21)26-14-4-1-12(2-5-14)17(23-9-7-22-8-10-23)15-11-13(24)3-6-16(15)25/h1-6,11,17,22,24-25H,7-10H2/t17-/m1/s1. The molecule has 1 fully saturated rings. The van der Waals surface area contributed by atoms with Gasteiger partial charge in [0, 0.05) is 31.7 Å². The second-order valence-corrected chi connectivity index (χ2v) is 6.05. The van der Waals surface area contributed by atoms with Gasteiger partial charge in [0.15, 0.2) is 0 Å². The summed E-state index contributed by atoms with van der Waals surface area (Å²) in [5.41, 5.74) is 1.19. The molecule has 2 aromatic carbocycles. The minimum absolute atomic E-state index is 0.00922. The maximum Gasteiger partial charge on any atom is 0.573 e. The summed E-state index contributed by atoms with van der Waals surface area (Å²) in [6.07, 6.45) is -4.75. The molecule has 0 spiro atoms. The summed E-state index contributed by atoms with van der Waals surface area (Å²) >= 11 is 0. The molecule has 0 aliphatic carbocycles. The predicted octanol–water partition coefficient (Wildman–Crippen LogP) is 2.99. The van der Waals surface area contributed by atoms with E-state index in [4.69, 9.17) is 0 Å². The summed E-state index contributed by atoms with van der Waals surface area (Å²) in [7, 11) is 0. The molecule has 0 amide bonds. The number of aromatic hydroxyl groups is 2. The van der Waals surface area contributed by atoms with Crippen molar-refractivity contribution >= 4 is 0 Å². The third-order valence-electron chi connectivity index (χ3n) is 4.25. The van der Waals surface area contributed by atoms with Crippen molar-refractivity contribution in [2.45, 2.75) is 12.4 Å². The maximum atomic E-state index is 12.4.